The standard InChI is InChI=1S/C16H14BrF2N3O2S2/c1-20-26(23,24)9-10-5-2-3-6-11(10)22-14(12-7-4-8-25-12)13(16(18)19)15(17)21-22/h2-8,16,20H,9H2,1H3. The van der Waals surface area contributed by atoms with Gasteiger partial charge in [0.1, 0.15) is 4.60 Å². The van der Waals surface area contributed by atoms with Crippen LogP contribution >= 0.6 is 27.3 Å². The first-order valence-corrected chi connectivity index (χ1v) is 10.8. The molecule has 10 heteroatoms. The van der Waals surface area contributed by atoms with E-state index in [9.17, 15) is 17.2 Å². The van der Waals surface area contributed by atoms with Gasteiger partial charge in [0.2, 0.25) is 10.0 Å². The minimum atomic E-state index is -3.54. The van der Waals surface area contributed by atoms with Gasteiger partial charge in [-0.2, -0.15) is 5.10 Å². The molecule has 0 fully saturated rings. The van der Waals surface area contributed by atoms with E-state index in [0.717, 1.165) is 0 Å². The molecule has 0 bridgehead atoms. The Morgan fingerprint density at radius 3 is 2.62 bits per heavy atom. The van der Waals surface area contributed by atoms with Crippen molar-refractivity contribution >= 4 is 37.3 Å². The number of rotatable bonds is 6. The van der Waals surface area contributed by atoms with Crippen molar-refractivity contribution in [3.63, 3.8) is 0 Å². The van der Waals surface area contributed by atoms with E-state index < -0.39 is 16.4 Å². The molecule has 0 radical (unpaired) electrons. The maximum Gasteiger partial charge on any atom is 0.268 e. The predicted molar refractivity (Wildman–Crippen MR) is 101 cm³/mol. The summed E-state index contributed by atoms with van der Waals surface area (Å²) in [5, 5.41) is 6.00. The van der Waals surface area contributed by atoms with Crippen LogP contribution in [-0.2, 0) is 15.8 Å². The summed E-state index contributed by atoms with van der Waals surface area (Å²) in [6.45, 7) is 0. The Labute approximate surface area is 161 Å². The minimum Gasteiger partial charge on any atom is -0.230 e. The summed E-state index contributed by atoms with van der Waals surface area (Å²) in [5.41, 5.74) is 0.910. The molecule has 0 amide bonds. The van der Waals surface area contributed by atoms with Crippen molar-refractivity contribution in [1.82, 2.24) is 14.5 Å². The maximum absolute atomic E-state index is 13.7. The summed E-state index contributed by atoms with van der Waals surface area (Å²) in [6.07, 6.45) is -2.73. The largest absolute Gasteiger partial charge is 0.268 e. The van der Waals surface area contributed by atoms with Crippen LogP contribution in [0, 0.1) is 0 Å². The van der Waals surface area contributed by atoms with Gasteiger partial charge in [0.25, 0.3) is 6.43 Å². The lowest BCUT2D eigenvalue weighted by Crippen LogP contribution is -2.21. The number of halogens is 3. The zero-order valence-electron chi connectivity index (χ0n) is 13.5. The molecule has 0 atom stereocenters. The van der Waals surface area contributed by atoms with Crippen LogP contribution < -0.4 is 4.72 Å². The van der Waals surface area contributed by atoms with E-state index in [1.807, 2.05) is 0 Å². The van der Waals surface area contributed by atoms with Gasteiger partial charge in [0.15, 0.2) is 0 Å². The van der Waals surface area contributed by atoms with E-state index in [1.165, 1.54) is 23.1 Å². The third kappa shape index (κ3) is 3.73. The second-order valence-electron chi connectivity index (χ2n) is 5.33. The molecule has 1 aromatic carbocycles. The third-order valence-corrected chi connectivity index (χ3v) is 6.50. The highest BCUT2D eigenvalue weighted by Crippen LogP contribution is 2.40. The van der Waals surface area contributed by atoms with Gasteiger partial charge in [-0.05, 0) is 46.1 Å². The molecule has 3 rings (SSSR count). The zero-order valence-corrected chi connectivity index (χ0v) is 16.7. The Morgan fingerprint density at radius 2 is 2.00 bits per heavy atom. The van der Waals surface area contributed by atoms with Gasteiger partial charge in [-0.1, -0.05) is 24.3 Å². The molecule has 0 saturated heterocycles. The highest BCUT2D eigenvalue weighted by molar-refractivity contribution is 9.10. The van der Waals surface area contributed by atoms with E-state index in [0.29, 0.717) is 16.1 Å². The van der Waals surface area contributed by atoms with Crippen molar-refractivity contribution in [3.05, 3.63) is 57.5 Å². The summed E-state index contributed by atoms with van der Waals surface area (Å²) in [5.74, 6) is -0.287. The van der Waals surface area contributed by atoms with Crippen LogP contribution in [0.2, 0.25) is 0 Å². The van der Waals surface area contributed by atoms with Crippen molar-refractivity contribution in [3.8, 4) is 16.3 Å². The summed E-state index contributed by atoms with van der Waals surface area (Å²) in [7, 11) is -2.21. The normalized spacial score (nSPS) is 12.0. The minimum absolute atomic E-state index is 0.0298. The average molecular weight is 462 g/mol. The van der Waals surface area contributed by atoms with Gasteiger partial charge in [-0.15, -0.1) is 11.3 Å². The number of aromatic nitrogens is 2. The van der Waals surface area contributed by atoms with Crippen LogP contribution in [0.5, 0.6) is 0 Å². The van der Waals surface area contributed by atoms with Gasteiger partial charge in [0.05, 0.1) is 27.6 Å². The molecule has 1 N–H and O–H groups in total. The Bertz CT molecular complexity index is 1020. The monoisotopic (exact) mass is 461 g/mol. The molecule has 5 nitrogen and oxygen atoms in total. The molecule has 0 spiro atoms. The van der Waals surface area contributed by atoms with E-state index in [1.54, 1.807) is 41.8 Å². The zero-order chi connectivity index (χ0) is 18.9. The first-order chi connectivity index (χ1) is 12.3. The van der Waals surface area contributed by atoms with Gasteiger partial charge in [0, 0.05) is 0 Å². The van der Waals surface area contributed by atoms with E-state index >= 15 is 0 Å². The number of sulfonamides is 1. The lowest BCUT2D eigenvalue weighted by Gasteiger charge is -2.13. The quantitative estimate of drug-likeness (QED) is 0.593. The van der Waals surface area contributed by atoms with E-state index in [4.69, 9.17) is 0 Å². The maximum atomic E-state index is 13.7. The van der Waals surface area contributed by atoms with Gasteiger partial charge in [-0.3, -0.25) is 0 Å². The topological polar surface area (TPSA) is 64.0 Å². The Hall–Kier alpha value is -1.62. The van der Waals surface area contributed by atoms with Crippen molar-refractivity contribution in [2.45, 2.75) is 12.2 Å². The van der Waals surface area contributed by atoms with Crippen molar-refractivity contribution in [2.75, 3.05) is 7.05 Å². The molecule has 0 saturated carbocycles. The summed E-state index contributed by atoms with van der Waals surface area (Å²) in [6, 6.07) is 10.2. The number of thiophene rings is 1. The number of alkyl halides is 2. The van der Waals surface area contributed by atoms with Crippen LogP contribution in [0.4, 0.5) is 8.78 Å². The molecule has 138 valence electrons. The summed E-state index contributed by atoms with van der Waals surface area (Å²) < 4.78 is 54.9. The molecule has 0 aliphatic heterocycles. The lowest BCUT2D eigenvalue weighted by molar-refractivity contribution is 0.151. The van der Waals surface area contributed by atoms with Crippen molar-refractivity contribution in [1.29, 1.82) is 0 Å². The van der Waals surface area contributed by atoms with Gasteiger partial charge in [-0.25, -0.2) is 26.6 Å². The third-order valence-electron chi connectivity index (χ3n) is 3.73. The highest BCUT2D eigenvalue weighted by atomic mass is 79.9. The average Bonchev–Trinajstić information content (AvgIpc) is 3.22. The lowest BCUT2D eigenvalue weighted by atomic mass is 10.1. The molecule has 2 aromatic heterocycles. The first-order valence-electron chi connectivity index (χ1n) is 7.44. The molecule has 3 aromatic rings. The molecule has 0 aliphatic rings. The van der Waals surface area contributed by atoms with Crippen LogP contribution in [-0.4, -0.2) is 25.2 Å². The van der Waals surface area contributed by atoms with Gasteiger partial charge >= 0.3 is 0 Å². The number of nitrogens with zero attached hydrogens (tertiary/aromatic N) is 2. The van der Waals surface area contributed by atoms with Crippen molar-refractivity contribution in [2.24, 2.45) is 0 Å². The van der Waals surface area contributed by atoms with Crippen LogP contribution in [0.15, 0.2) is 46.4 Å². The van der Waals surface area contributed by atoms with Crippen LogP contribution in [0.25, 0.3) is 16.3 Å². The molecule has 26 heavy (non-hydrogen) atoms. The highest BCUT2D eigenvalue weighted by Gasteiger charge is 2.27. The SMILES string of the molecule is CNS(=O)(=O)Cc1ccccc1-n1nc(Br)c(C(F)F)c1-c1cccs1. The molecular weight excluding hydrogens is 448 g/mol. The Balaban J connectivity index is 2.25. The van der Waals surface area contributed by atoms with Crippen molar-refractivity contribution < 1.29 is 17.2 Å². The second-order valence-corrected chi connectivity index (χ2v) is 8.96. The fourth-order valence-electron chi connectivity index (χ4n) is 2.54. The first kappa shape index (κ1) is 19.2. The summed E-state index contributed by atoms with van der Waals surface area (Å²) in [4.78, 5) is 0.616. The second kappa shape index (κ2) is 7.55. The van der Waals surface area contributed by atoms with Crippen LogP contribution in [0.3, 0.4) is 0 Å². The number of benzene rings is 1. The number of para-hydroxylation sites is 1. The predicted octanol–water partition coefficient (Wildman–Crippen LogP) is 4.35. The molecule has 0 aliphatic carbocycles. The van der Waals surface area contributed by atoms with E-state index in [-0.39, 0.29) is 21.6 Å². The Morgan fingerprint density at radius 1 is 1.27 bits per heavy atom. The smallest absolute Gasteiger partial charge is 0.230 e. The Kier molecular flexibility index (Phi) is 5.56. The molecular formula is C16H14BrF2N3O2S2. The number of hydrogen-bond donors (Lipinski definition) is 1. The molecule has 0 unspecified atom stereocenters. The summed E-state index contributed by atoms with van der Waals surface area (Å²) >= 11 is 4.42. The van der Waals surface area contributed by atoms with Crippen LogP contribution in [0.1, 0.15) is 17.6 Å². The fourth-order valence-corrected chi connectivity index (χ4v) is 4.62. The van der Waals surface area contributed by atoms with E-state index in [2.05, 4.69) is 25.8 Å². The van der Waals surface area contributed by atoms with Gasteiger partial charge < -0.3 is 0 Å². The number of hydrogen-bond acceptors (Lipinski definition) is 4. The number of nitrogens with one attached hydrogen (secondary N) is 1. The fraction of sp³-hybridized carbons (Fsp3) is 0.188. The molecule has 2 heterocycles.